The summed E-state index contributed by atoms with van der Waals surface area (Å²) in [6, 6.07) is 1.49. The van der Waals surface area contributed by atoms with Crippen LogP contribution in [-0.2, 0) is 0 Å². The highest BCUT2D eigenvalue weighted by Gasteiger charge is 2.28. The van der Waals surface area contributed by atoms with E-state index in [0.29, 0.717) is 0 Å². The van der Waals surface area contributed by atoms with Gasteiger partial charge >= 0.3 is 0 Å². The maximum Gasteiger partial charge on any atom is 0.0218 e. The fourth-order valence-electron chi connectivity index (χ4n) is 3.64. The van der Waals surface area contributed by atoms with Gasteiger partial charge in [-0.25, -0.2) is 0 Å². The summed E-state index contributed by atoms with van der Waals surface area (Å²) in [6.07, 6.45) is 5.37. The SMILES string of the molecule is CCC1CN(CC2CCN(CC)CC2)C(CC)CN1. The second-order valence-electron chi connectivity index (χ2n) is 6.41. The summed E-state index contributed by atoms with van der Waals surface area (Å²) in [7, 11) is 0. The fourth-order valence-corrected chi connectivity index (χ4v) is 3.64. The number of hydrogen-bond donors (Lipinski definition) is 1. The van der Waals surface area contributed by atoms with Gasteiger partial charge in [0.1, 0.15) is 0 Å². The van der Waals surface area contributed by atoms with Gasteiger partial charge in [-0.1, -0.05) is 20.8 Å². The van der Waals surface area contributed by atoms with Crippen LogP contribution < -0.4 is 5.32 Å². The normalized spacial score (nSPS) is 31.7. The van der Waals surface area contributed by atoms with Gasteiger partial charge < -0.3 is 10.2 Å². The minimum atomic E-state index is 0.721. The summed E-state index contributed by atoms with van der Waals surface area (Å²) < 4.78 is 0. The molecule has 0 saturated carbocycles. The summed E-state index contributed by atoms with van der Waals surface area (Å²) in [5.74, 6) is 0.937. The van der Waals surface area contributed by atoms with Gasteiger partial charge in [-0.15, -0.1) is 0 Å². The van der Waals surface area contributed by atoms with Crippen molar-refractivity contribution < 1.29 is 0 Å². The Morgan fingerprint density at radius 3 is 2.37 bits per heavy atom. The predicted octanol–water partition coefficient (Wildman–Crippen LogP) is 2.18. The lowest BCUT2D eigenvalue weighted by atomic mass is 9.94. The van der Waals surface area contributed by atoms with Crippen molar-refractivity contribution in [3.8, 4) is 0 Å². The highest BCUT2D eigenvalue weighted by molar-refractivity contribution is 4.87. The monoisotopic (exact) mass is 267 g/mol. The van der Waals surface area contributed by atoms with E-state index in [1.54, 1.807) is 0 Å². The highest BCUT2D eigenvalue weighted by atomic mass is 15.2. The van der Waals surface area contributed by atoms with E-state index in [1.165, 1.54) is 65.0 Å². The molecule has 2 saturated heterocycles. The number of rotatable bonds is 5. The number of nitrogens with zero attached hydrogens (tertiary/aromatic N) is 2. The minimum Gasteiger partial charge on any atom is -0.311 e. The van der Waals surface area contributed by atoms with Crippen LogP contribution in [-0.4, -0.2) is 61.2 Å². The van der Waals surface area contributed by atoms with Crippen molar-refractivity contribution in [2.24, 2.45) is 5.92 Å². The number of piperazine rings is 1. The van der Waals surface area contributed by atoms with Crippen LogP contribution in [0.3, 0.4) is 0 Å². The number of nitrogens with one attached hydrogen (secondary N) is 1. The summed E-state index contributed by atoms with van der Waals surface area (Å²) in [5, 5.41) is 3.70. The van der Waals surface area contributed by atoms with Crippen molar-refractivity contribution >= 4 is 0 Å². The smallest absolute Gasteiger partial charge is 0.0218 e. The lowest BCUT2D eigenvalue weighted by molar-refractivity contribution is 0.0825. The van der Waals surface area contributed by atoms with Gasteiger partial charge in [0.15, 0.2) is 0 Å². The molecule has 0 aliphatic carbocycles. The molecular weight excluding hydrogens is 234 g/mol. The molecule has 0 amide bonds. The van der Waals surface area contributed by atoms with Crippen LogP contribution in [0.1, 0.15) is 46.5 Å². The molecule has 0 radical (unpaired) electrons. The molecule has 19 heavy (non-hydrogen) atoms. The largest absolute Gasteiger partial charge is 0.311 e. The van der Waals surface area contributed by atoms with Crippen molar-refractivity contribution in [2.75, 3.05) is 39.3 Å². The molecule has 2 aliphatic rings. The second-order valence-corrected chi connectivity index (χ2v) is 6.41. The standard InChI is InChI=1S/C16H33N3/c1-4-15-13-19(16(5-2)11-17-15)12-14-7-9-18(6-3)10-8-14/h14-17H,4-13H2,1-3H3. The third kappa shape index (κ3) is 4.17. The number of hydrogen-bond acceptors (Lipinski definition) is 3. The van der Waals surface area contributed by atoms with Crippen LogP contribution in [0.2, 0.25) is 0 Å². The van der Waals surface area contributed by atoms with E-state index in [2.05, 4.69) is 35.9 Å². The second kappa shape index (κ2) is 7.61. The van der Waals surface area contributed by atoms with Crippen LogP contribution in [0, 0.1) is 5.92 Å². The Bertz CT molecular complexity index is 248. The number of likely N-dealkylation sites (tertiary alicyclic amines) is 1. The molecule has 2 unspecified atom stereocenters. The molecule has 3 nitrogen and oxygen atoms in total. The molecule has 2 aliphatic heterocycles. The summed E-state index contributed by atoms with van der Waals surface area (Å²) in [4.78, 5) is 5.39. The lowest BCUT2D eigenvalue weighted by Crippen LogP contribution is -2.57. The van der Waals surface area contributed by atoms with E-state index in [1.807, 2.05) is 0 Å². The molecule has 3 heteroatoms. The topological polar surface area (TPSA) is 18.5 Å². The van der Waals surface area contributed by atoms with E-state index in [0.717, 1.165) is 18.0 Å². The highest BCUT2D eigenvalue weighted by Crippen LogP contribution is 2.21. The van der Waals surface area contributed by atoms with Crippen LogP contribution in [0.5, 0.6) is 0 Å². The first-order chi connectivity index (χ1) is 9.26. The summed E-state index contributed by atoms with van der Waals surface area (Å²) >= 11 is 0. The van der Waals surface area contributed by atoms with Gasteiger partial charge in [0, 0.05) is 31.7 Å². The Morgan fingerprint density at radius 2 is 1.79 bits per heavy atom. The summed E-state index contributed by atoms with van der Waals surface area (Å²) in [6.45, 7) is 14.6. The van der Waals surface area contributed by atoms with Crippen LogP contribution in [0.15, 0.2) is 0 Å². The zero-order chi connectivity index (χ0) is 13.7. The molecule has 2 atom stereocenters. The van der Waals surface area contributed by atoms with Gasteiger partial charge in [0.25, 0.3) is 0 Å². The van der Waals surface area contributed by atoms with Gasteiger partial charge in [-0.05, 0) is 51.2 Å². The van der Waals surface area contributed by atoms with Crippen molar-refractivity contribution in [3.63, 3.8) is 0 Å². The van der Waals surface area contributed by atoms with Crippen molar-refractivity contribution in [2.45, 2.75) is 58.5 Å². The molecular formula is C16H33N3. The van der Waals surface area contributed by atoms with Crippen molar-refractivity contribution in [1.29, 1.82) is 0 Å². The van der Waals surface area contributed by atoms with Gasteiger partial charge in [-0.3, -0.25) is 4.90 Å². The predicted molar refractivity (Wildman–Crippen MR) is 82.6 cm³/mol. The Labute approximate surface area is 119 Å². The van der Waals surface area contributed by atoms with Crippen LogP contribution in [0.4, 0.5) is 0 Å². The average molecular weight is 267 g/mol. The zero-order valence-corrected chi connectivity index (χ0v) is 13.2. The van der Waals surface area contributed by atoms with E-state index >= 15 is 0 Å². The van der Waals surface area contributed by atoms with Crippen molar-refractivity contribution in [3.05, 3.63) is 0 Å². The molecule has 2 heterocycles. The van der Waals surface area contributed by atoms with Gasteiger partial charge in [0.05, 0.1) is 0 Å². The van der Waals surface area contributed by atoms with Crippen LogP contribution in [0.25, 0.3) is 0 Å². The first-order valence-electron chi connectivity index (χ1n) is 8.46. The third-order valence-corrected chi connectivity index (χ3v) is 5.22. The first-order valence-corrected chi connectivity index (χ1v) is 8.46. The van der Waals surface area contributed by atoms with E-state index in [9.17, 15) is 0 Å². The maximum absolute atomic E-state index is 3.70. The molecule has 0 aromatic rings. The molecule has 0 aromatic carbocycles. The Balaban J connectivity index is 1.82. The number of piperidine rings is 1. The minimum absolute atomic E-state index is 0.721. The first kappa shape index (κ1) is 15.3. The van der Waals surface area contributed by atoms with E-state index in [-0.39, 0.29) is 0 Å². The molecule has 0 bridgehead atoms. The Kier molecular flexibility index (Phi) is 6.11. The zero-order valence-electron chi connectivity index (χ0n) is 13.2. The van der Waals surface area contributed by atoms with Gasteiger partial charge in [-0.2, -0.15) is 0 Å². The summed E-state index contributed by atoms with van der Waals surface area (Å²) in [5.41, 5.74) is 0. The fraction of sp³-hybridized carbons (Fsp3) is 1.00. The third-order valence-electron chi connectivity index (χ3n) is 5.22. The van der Waals surface area contributed by atoms with Gasteiger partial charge in [0.2, 0.25) is 0 Å². The van der Waals surface area contributed by atoms with Crippen molar-refractivity contribution in [1.82, 2.24) is 15.1 Å². The molecule has 0 aromatic heterocycles. The molecule has 2 fully saturated rings. The maximum atomic E-state index is 3.70. The molecule has 0 spiro atoms. The van der Waals surface area contributed by atoms with Crippen LogP contribution >= 0.6 is 0 Å². The van der Waals surface area contributed by atoms with E-state index < -0.39 is 0 Å². The quantitative estimate of drug-likeness (QED) is 0.824. The Morgan fingerprint density at radius 1 is 1.05 bits per heavy atom. The molecule has 112 valence electrons. The lowest BCUT2D eigenvalue weighted by Gasteiger charge is -2.43. The Hall–Kier alpha value is -0.120. The molecule has 2 rings (SSSR count). The average Bonchev–Trinajstić information content (AvgIpc) is 2.48. The van der Waals surface area contributed by atoms with E-state index in [4.69, 9.17) is 0 Å². The molecule has 1 N–H and O–H groups in total.